The van der Waals surface area contributed by atoms with Gasteiger partial charge in [0.05, 0.1) is 0 Å². The van der Waals surface area contributed by atoms with Crippen molar-refractivity contribution in [2.75, 3.05) is 0 Å². The van der Waals surface area contributed by atoms with Crippen molar-refractivity contribution in [2.45, 2.75) is 58.5 Å². The van der Waals surface area contributed by atoms with Gasteiger partial charge in [-0.2, -0.15) is 0 Å². The topological polar surface area (TPSA) is 26.3 Å². The first-order valence-corrected chi connectivity index (χ1v) is 7.48. The molecule has 0 amide bonds. The Kier molecular flexibility index (Phi) is 5.36. The number of esters is 1. The Morgan fingerprint density at radius 2 is 1.90 bits per heavy atom. The predicted molar refractivity (Wildman–Crippen MR) is 82.2 cm³/mol. The van der Waals surface area contributed by atoms with Crippen molar-refractivity contribution in [2.24, 2.45) is 0 Å². The van der Waals surface area contributed by atoms with Gasteiger partial charge >= 0.3 is 5.97 Å². The molecule has 0 heterocycles. The molecule has 0 saturated heterocycles. The first-order valence-electron chi connectivity index (χ1n) is 6.69. The van der Waals surface area contributed by atoms with Crippen molar-refractivity contribution in [1.82, 2.24) is 0 Å². The Morgan fingerprint density at radius 3 is 2.20 bits per heavy atom. The van der Waals surface area contributed by atoms with Crippen LogP contribution in [0, 0.1) is 5.82 Å². The lowest BCUT2D eigenvalue weighted by molar-refractivity contribution is -0.151. The van der Waals surface area contributed by atoms with E-state index in [1.54, 1.807) is 6.07 Å². The van der Waals surface area contributed by atoms with Crippen LogP contribution < -0.4 is 0 Å². The molecule has 0 aliphatic heterocycles. The summed E-state index contributed by atoms with van der Waals surface area (Å²) in [7, 11) is 0. The van der Waals surface area contributed by atoms with Gasteiger partial charge in [0.2, 0.25) is 0 Å². The van der Waals surface area contributed by atoms with E-state index in [0.29, 0.717) is 0 Å². The van der Waals surface area contributed by atoms with E-state index in [2.05, 4.69) is 22.9 Å². The van der Waals surface area contributed by atoms with Crippen LogP contribution in [0.15, 0.2) is 22.7 Å². The summed E-state index contributed by atoms with van der Waals surface area (Å²) in [6.45, 7) is 9.04. The van der Waals surface area contributed by atoms with Crippen LogP contribution in [0.4, 0.5) is 4.39 Å². The number of halogens is 2. The van der Waals surface area contributed by atoms with E-state index in [0.717, 1.165) is 22.9 Å². The van der Waals surface area contributed by atoms with E-state index >= 15 is 0 Å². The van der Waals surface area contributed by atoms with Gasteiger partial charge in [0.25, 0.3) is 0 Å². The molecule has 0 unspecified atom stereocenters. The SMILES string of the molecule is CC(=O)OC(C)(C)C.CC1(c2ccc(Br)cc2F)CC1. The van der Waals surface area contributed by atoms with E-state index in [4.69, 9.17) is 4.74 Å². The molecule has 1 aliphatic rings. The highest BCUT2D eigenvalue weighted by Gasteiger charge is 2.40. The van der Waals surface area contributed by atoms with Crippen molar-refractivity contribution >= 4 is 21.9 Å². The molecule has 4 heteroatoms. The third-order valence-corrected chi connectivity index (χ3v) is 3.52. The Balaban J connectivity index is 0.000000221. The van der Waals surface area contributed by atoms with Crippen LogP contribution in [0.2, 0.25) is 0 Å². The second-order valence-corrected chi connectivity index (χ2v) is 7.31. The maximum Gasteiger partial charge on any atom is 0.303 e. The normalized spacial score (nSPS) is 15.9. The molecule has 0 radical (unpaired) electrons. The molecule has 2 rings (SSSR count). The fourth-order valence-corrected chi connectivity index (χ4v) is 2.20. The minimum atomic E-state index is -0.328. The quantitative estimate of drug-likeness (QED) is 0.671. The maximum absolute atomic E-state index is 13.4. The minimum absolute atomic E-state index is 0.0793. The van der Waals surface area contributed by atoms with Gasteiger partial charge in [0, 0.05) is 11.4 Å². The molecule has 2 nitrogen and oxygen atoms in total. The summed E-state index contributed by atoms with van der Waals surface area (Å²) in [5.74, 6) is -0.304. The fourth-order valence-electron chi connectivity index (χ4n) is 1.87. The van der Waals surface area contributed by atoms with Gasteiger partial charge < -0.3 is 4.74 Å². The van der Waals surface area contributed by atoms with E-state index < -0.39 is 0 Å². The Morgan fingerprint density at radius 1 is 1.35 bits per heavy atom. The van der Waals surface area contributed by atoms with Crippen molar-refractivity contribution in [3.8, 4) is 0 Å². The molecule has 20 heavy (non-hydrogen) atoms. The third kappa shape index (κ3) is 5.61. The maximum atomic E-state index is 13.4. The summed E-state index contributed by atoms with van der Waals surface area (Å²) < 4.78 is 19.0. The zero-order chi connectivity index (χ0) is 15.6. The van der Waals surface area contributed by atoms with Gasteiger partial charge in [-0.15, -0.1) is 0 Å². The average molecular weight is 345 g/mol. The fraction of sp³-hybridized carbons (Fsp3) is 0.562. The highest BCUT2D eigenvalue weighted by atomic mass is 79.9. The van der Waals surface area contributed by atoms with Gasteiger partial charge in [-0.25, -0.2) is 4.39 Å². The summed E-state index contributed by atoms with van der Waals surface area (Å²) in [6.07, 6.45) is 2.23. The summed E-state index contributed by atoms with van der Waals surface area (Å²) in [6, 6.07) is 5.33. The summed E-state index contributed by atoms with van der Waals surface area (Å²) >= 11 is 3.24. The number of hydrogen-bond acceptors (Lipinski definition) is 2. The Labute approximate surface area is 128 Å². The molecule has 1 aliphatic carbocycles. The molecular formula is C16H22BrFO2. The van der Waals surface area contributed by atoms with E-state index in [1.165, 1.54) is 6.92 Å². The van der Waals surface area contributed by atoms with Crippen molar-refractivity contribution in [1.29, 1.82) is 0 Å². The lowest BCUT2D eigenvalue weighted by Crippen LogP contribution is -2.21. The van der Waals surface area contributed by atoms with Crippen LogP contribution in [-0.4, -0.2) is 11.6 Å². The van der Waals surface area contributed by atoms with Gasteiger partial charge in [-0.3, -0.25) is 4.79 Å². The Bertz CT molecular complexity index is 488. The van der Waals surface area contributed by atoms with Crippen molar-refractivity contribution in [3.05, 3.63) is 34.1 Å². The van der Waals surface area contributed by atoms with Gasteiger partial charge in [-0.1, -0.05) is 28.9 Å². The Hall–Kier alpha value is -0.900. The molecule has 1 aromatic rings. The molecule has 0 aromatic heterocycles. The average Bonchev–Trinajstić information content (AvgIpc) is 2.93. The lowest BCUT2D eigenvalue weighted by Gasteiger charge is -2.17. The minimum Gasteiger partial charge on any atom is -0.460 e. The number of carbonyl (C=O) groups excluding carboxylic acids is 1. The zero-order valence-electron chi connectivity index (χ0n) is 12.7. The first kappa shape index (κ1) is 17.2. The van der Waals surface area contributed by atoms with Gasteiger partial charge in [0.1, 0.15) is 11.4 Å². The second-order valence-electron chi connectivity index (χ2n) is 6.39. The standard InChI is InChI=1S/C10H10BrF.C6H12O2/c1-10(4-5-10)8-3-2-7(11)6-9(8)12;1-5(7)8-6(2,3)4/h2-3,6H,4-5H2,1H3;1-4H3. The number of ether oxygens (including phenoxy) is 1. The molecule has 1 fully saturated rings. The van der Waals surface area contributed by atoms with Crippen LogP contribution in [-0.2, 0) is 14.9 Å². The van der Waals surface area contributed by atoms with Gasteiger partial charge in [0.15, 0.2) is 0 Å². The third-order valence-electron chi connectivity index (χ3n) is 3.03. The molecule has 112 valence electrons. The predicted octanol–water partition coefficient (Wildman–Crippen LogP) is 4.99. The van der Waals surface area contributed by atoms with E-state index in [1.807, 2.05) is 32.9 Å². The first-order chi connectivity index (χ1) is 9.03. The van der Waals surface area contributed by atoms with Crippen LogP contribution in [0.1, 0.15) is 53.0 Å². The highest BCUT2D eigenvalue weighted by molar-refractivity contribution is 9.10. The number of hydrogen-bond donors (Lipinski definition) is 0. The molecule has 0 atom stereocenters. The van der Waals surface area contributed by atoms with Crippen molar-refractivity contribution in [3.63, 3.8) is 0 Å². The van der Waals surface area contributed by atoms with Crippen LogP contribution in [0.25, 0.3) is 0 Å². The van der Waals surface area contributed by atoms with E-state index in [-0.39, 0.29) is 22.8 Å². The summed E-state index contributed by atoms with van der Waals surface area (Å²) in [5, 5.41) is 0. The number of benzene rings is 1. The highest BCUT2D eigenvalue weighted by Crippen LogP contribution is 2.48. The zero-order valence-corrected chi connectivity index (χ0v) is 14.3. The molecule has 0 spiro atoms. The molecule has 0 bridgehead atoms. The van der Waals surface area contributed by atoms with Gasteiger partial charge in [-0.05, 0) is 56.7 Å². The molecular weight excluding hydrogens is 323 g/mol. The van der Waals surface area contributed by atoms with Crippen LogP contribution >= 0.6 is 15.9 Å². The largest absolute Gasteiger partial charge is 0.460 e. The molecule has 1 saturated carbocycles. The van der Waals surface area contributed by atoms with Crippen molar-refractivity contribution < 1.29 is 13.9 Å². The number of carbonyl (C=O) groups is 1. The molecule has 1 aromatic carbocycles. The van der Waals surface area contributed by atoms with E-state index in [9.17, 15) is 9.18 Å². The lowest BCUT2D eigenvalue weighted by atomic mass is 9.98. The van der Waals surface area contributed by atoms with Crippen LogP contribution in [0.3, 0.4) is 0 Å². The summed E-state index contributed by atoms with van der Waals surface area (Å²) in [4.78, 5) is 10.2. The smallest absolute Gasteiger partial charge is 0.303 e. The second kappa shape index (κ2) is 6.25. The number of rotatable bonds is 1. The van der Waals surface area contributed by atoms with Crippen LogP contribution in [0.5, 0.6) is 0 Å². The molecule has 0 N–H and O–H groups in total. The monoisotopic (exact) mass is 344 g/mol. The summed E-state index contributed by atoms with van der Waals surface area (Å²) in [5.41, 5.74) is 0.669.